The van der Waals surface area contributed by atoms with Crippen LogP contribution in [0.15, 0.2) is 72.1 Å². The molecule has 0 fully saturated rings. The van der Waals surface area contributed by atoms with Gasteiger partial charge in [-0.15, -0.1) is 0 Å². The van der Waals surface area contributed by atoms with E-state index in [-0.39, 0.29) is 13.2 Å². The molecule has 168 valence electrons. The van der Waals surface area contributed by atoms with E-state index in [1.807, 2.05) is 37.3 Å². The van der Waals surface area contributed by atoms with Crippen LogP contribution in [0.5, 0.6) is 5.75 Å². The summed E-state index contributed by atoms with van der Waals surface area (Å²) in [7, 11) is 0. The Balaban J connectivity index is 2.12. The maximum atomic E-state index is 13.0. The summed E-state index contributed by atoms with van der Waals surface area (Å²) in [4.78, 5) is 27.6. The van der Waals surface area contributed by atoms with Crippen LogP contribution >= 0.6 is 11.6 Å². The minimum Gasteiger partial charge on any atom is -0.494 e. The molecule has 0 atom stereocenters. The van der Waals surface area contributed by atoms with Crippen molar-refractivity contribution in [2.24, 2.45) is 0 Å². The van der Waals surface area contributed by atoms with Crippen LogP contribution in [-0.2, 0) is 19.1 Å². The van der Waals surface area contributed by atoms with Crippen molar-refractivity contribution >= 4 is 29.2 Å². The van der Waals surface area contributed by atoms with E-state index in [1.54, 1.807) is 49.3 Å². The van der Waals surface area contributed by atoms with E-state index in [0.717, 1.165) is 11.4 Å². The van der Waals surface area contributed by atoms with Crippen molar-refractivity contribution in [3.05, 3.63) is 82.7 Å². The first-order chi connectivity index (χ1) is 15.5. The molecule has 32 heavy (non-hydrogen) atoms. The summed E-state index contributed by atoms with van der Waals surface area (Å²) in [5.41, 5.74) is 2.08. The average molecular weight is 456 g/mol. The van der Waals surface area contributed by atoms with Crippen LogP contribution in [0.25, 0.3) is 0 Å². The largest absolute Gasteiger partial charge is 0.494 e. The molecule has 0 spiro atoms. The van der Waals surface area contributed by atoms with Crippen molar-refractivity contribution in [1.82, 2.24) is 0 Å². The zero-order valence-electron chi connectivity index (χ0n) is 18.3. The Kier molecular flexibility index (Phi) is 7.95. The third-order valence-corrected chi connectivity index (χ3v) is 5.06. The lowest BCUT2D eigenvalue weighted by molar-refractivity contribution is -0.139. The highest BCUT2D eigenvalue weighted by molar-refractivity contribution is 6.30. The van der Waals surface area contributed by atoms with Crippen LogP contribution in [0.2, 0.25) is 5.02 Å². The molecule has 1 aliphatic rings. The standard InChI is InChI=1S/C25H26ClNO5/c1-4-30-20-12-10-19(11-13-20)27-15-21(24(28)31-5-2)23(17-8-7-9-18(26)14-17)22(16-27)25(29)32-6-3/h7-16,23H,4-6H2,1-3H3. The first-order valence-electron chi connectivity index (χ1n) is 10.5. The van der Waals surface area contributed by atoms with Crippen molar-refractivity contribution in [3.63, 3.8) is 0 Å². The molecule has 0 unspecified atom stereocenters. The van der Waals surface area contributed by atoms with Crippen LogP contribution in [0.1, 0.15) is 32.3 Å². The summed E-state index contributed by atoms with van der Waals surface area (Å²) in [6.45, 7) is 6.37. The predicted molar refractivity (Wildman–Crippen MR) is 124 cm³/mol. The van der Waals surface area contributed by atoms with Gasteiger partial charge in [0.1, 0.15) is 5.75 Å². The summed E-state index contributed by atoms with van der Waals surface area (Å²) in [6.07, 6.45) is 3.37. The maximum absolute atomic E-state index is 13.0. The Morgan fingerprint density at radius 3 is 1.97 bits per heavy atom. The molecule has 1 heterocycles. The highest BCUT2D eigenvalue weighted by Gasteiger charge is 2.36. The van der Waals surface area contributed by atoms with Gasteiger partial charge in [0, 0.05) is 23.1 Å². The smallest absolute Gasteiger partial charge is 0.336 e. The molecule has 2 aromatic carbocycles. The number of hydrogen-bond donors (Lipinski definition) is 0. The van der Waals surface area contributed by atoms with Crippen LogP contribution in [0.4, 0.5) is 5.69 Å². The molecular weight excluding hydrogens is 430 g/mol. The minimum absolute atomic E-state index is 0.208. The Hall–Kier alpha value is -3.25. The minimum atomic E-state index is -0.675. The summed E-state index contributed by atoms with van der Waals surface area (Å²) >= 11 is 6.21. The van der Waals surface area contributed by atoms with Crippen LogP contribution in [-0.4, -0.2) is 31.8 Å². The number of ether oxygens (including phenoxy) is 3. The van der Waals surface area contributed by atoms with Crippen LogP contribution < -0.4 is 9.64 Å². The lowest BCUT2D eigenvalue weighted by Gasteiger charge is -2.30. The molecule has 0 radical (unpaired) electrons. The highest BCUT2D eigenvalue weighted by atomic mass is 35.5. The topological polar surface area (TPSA) is 65.1 Å². The van der Waals surface area contributed by atoms with Crippen molar-refractivity contribution in [2.75, 3.05) is 24.7 Å². The second-order valence-electron chi connectivity index (χ2n) is 6.93. The van der Waals surface area contributed by atoms with Crippen molar-refractivity contribution < 1.29 is 23.8 Å². The third-order valence-electron chi connectivity index (χ3n) is 4.83. The molecule has 0 saturated carbocycles. The molecule has 0 amide bonds. The van der Waals surface area contributed by atoms with Gasteiger partial charge in [-0.1, -0.05) is 23.7 Å². The van der Waals surface area contributed by atoms with Gasteiger partial charge in [0.05, 0.1) is 36.9 Å². The van der Waals surface area contributed by atoms with Gasteiger partial charge < -0.3 is 19.1 Å². The van der Waals surface area contributed by atoms with Crippen molar-refractivity contribution in [1.29, 1.82) is 0 Å². The number of halogens is 1. The SMILES string of the molecule is CCOC(=O)C1=CN(c2ccc(OCC)cc2)C=C(C(=O)OCC)C1c1cccc(Cl)c1. The number of carbonyl (C=O) groups is 2. The van der Waals surface area contributed by atoms with Gasteiger partial charge in [0.15, 0.2) is 0 Å². The molecular formula is C25H26ClNO5. The van der Waals surface area contributed by atoms with Gasteiger partial charge in [-0.3, -0.25) is 0 Å². The van der Waals surface area contributed by atoms with E-state index < -0.39 is 17.9 Å². The third kappa shape index (κ3) is 5.32. The van der Waals surface area contributed by atoms with E-state index >= 15 is 0 Å². The van der Waals surface area contributed by atoms with E-state index in [9.17, 15) is 9.59 Å². The molecule has 3 rings (SSSR count). The molecule has 0 saturated heterocycles. The second-order valence-corrected chi connectivity index (χ2v) is 7.37. The summed E-state index contributed by atoms with van der Waals surface area (Å²) in [5.74, 6) is -0.966. The number of anilines is 1. The van der Waals surface area contributed by atoms with Crippen molar-refractivity contribution in [2.45, 2.75) is 26.7 Å². The Morgan fingerprint density at radius 1 is 0.875 bits per heavy atom. The first kappa shape index (κ1) is 23.4. The predicted octanol–water partition coefficient (Wildman–Crippen LogP) is 5.24. The average Bonchev–Trinajstić information content (AvgIpc) is 2.79. The summed E-state index contributed by atoms with van der Waals surface area (Å²) < 4.78 is 16.1. The normalized spacial score (nSPS) is 13.8. The molecule has 2 aromatic rings. The molecule has 7 heteroatoms. The molecule has 0 N–H and O–H groups in total. The highest BCUT2D eigenvalue weighted by Crippen LogP contribution is 2.39. The Morgan fingerprint density at radius 2 is 1.47 bits per heavy atom. The zero-order valence-corrected chi connectivity index (χ0v) is 19.1. The number of benzene rings is 2. The lowest BCUT2D eigenvalue weighted by atomic mass is 9.83. The molecule has 0 bridgehead atoms. The fraction of sp³-hybridized carbons (Fsp3) is 0.280. The fourth-order valence-corrected chi connectivity index (χ4v) is 3.70. The van der Waals surface area contributed by atoms with Gasteiger partial charge in [0.25, 0.3) is 0 Å². The Labute approximate surface area is 193 Å². The maximum Gasteiger partial charge on any atom is 0.336 e. The van der Waals surface area contributed by atoms with Crippen molar-refractivity contribution in [3.8, 4) is 5.75 Å². The van der Waals surface area contributed by atoms with E-state index in [2.05, 4.69) is 0 Å². The van der Waals surface area contributed by atoms with Gasteiger partial charge >= 0.3 is 11.9 Å². The van der Waals surface area contributed by atoms with Crippen LogP contribution in [0, 0.1) is 0 Å². The number of esters is 2. The quantitative estimate of drug-likeness (QED) is 0.507. The fourth-order valence-electron chi connectivity index (χ4n) is 3.50. The number of hydrogen-bond acceptors (Lipinski definition) is 6. The molecule has 0 aliphatic carbocycles. The summed E-state index contributed by atoms with van der Waals surface area (Å²) in [6, 6.07) is 14.4. The van der Waals surface area contributed by atoms with Gasteiger partial charge in [0.2, 0.25) is 0 Å². The number of rotatable bonds is 8. The van der Waals surface area contributed by atoms with Crippen LogP contribution in [0.3, 0.4) is 0 Å². The zero-order chi connectivity index (χ0) is 23.1. The first-order valence-corrected chi connectivity index (χ1v) is 10.9. The number of nitrogens with zero attached hydrogens (tertiary/aromatic N) is 1. The monoisotopic (exact) mass is 455 g/mol. The Bertz CT molecular complexity index is 993. The second kappa shape index (κ2) is 10.9. The summed E-state index contributed by atoms with van der Waals surface area (Å²) in [5, 5.41) is 0.503. The van der Waals surface area contributed by atoms with E-state index in [4.69, 9.17) is 25.8 Å². The van der Waals surface area contributed by atoms with E-state index in [0.29, 0.717) is 28.3 Å². The van der Waals surface area contributed by atoms with Gasteiger partial charge in [-0.25, -0.2) is 9.59 Å². The molecule has 6 nitrogen and oxygen atoms in total. The number of carbonyl (C=O) groups excluding carboxylic acids is 2. The van der Waals surface area contributed by atoms with Gasteiger partial charge in [-0.2, -0.15) is 0 Å². The van der Waals surface area contributed by atoms with Gasteiger partial charge in [-0.05, 0) is 62.7 Å². The molecule has 1 aliphatic heterocycles. The molecule has 0 aromatic heterocycles. The lowest BCUT2D eigenvalue weighted by Crippen LogP contribution is -2.29. The van der Waals surface area contributed by atoms with E-state index in [1.165, 1.54) is 0 Å².